The molecule has 0 aliphatic heterocycles. The third-order valence-electron chi connectivity index (χ3n) is 6.05. The Morgan fingerprint density at radius 1 is 1.36 bits per heavy atom. The quantitative estimate of drug-likeness (QED) is 0.433. The minimum atomic E-state index is 0.00135. The van der Waals surface area contributed by atoms with Gasteiger partial charge in [-0.1, -0.05) is 0 Å². The van der Waals surface area contributed by atoms with Crippen LogP contribution >= 0.6 is 11.3 Å². The van der Waals surface area contributed by atoms with Gasteiger partial charge in [-0.25, -0.2) is 14.5 Å². The Balaban J connectivity index is 1.42. The summed E-state index contributed by atoms with van der Waals surface area (Å²) in [5, 5.41) is 11.9. The van der Waals surface area contributed by atoms with Crippen molar-refractivity contribution in [3.8, 4) is 5.75 Å². The fraction of sp³-hybridized carbons (Fsp3) is 0.391. The molecule has 0 saturated heterocycles. The number of carbonyl (C=O) groups is 1. The number of aryl methyl sites for hydroxylation is 1. The molecule has 4 aromatic heterocycles. The Bertz CT molecular complexity index is 1310. The summed E-state index contributed by atoms with van der Waals surface area (Å²) in [5.41, 5.74) is 3.03. The van der Waals surface area contributed by atoms with Crippen molar-refractivity contribution in [1.29, 1.82) is 0 Å². The van der Waals surface area contributed by atoms with Crippen LogP contribution in [0.1, 0.15) is 16.9 Å². The monoisotopic (exact) mass is 465 g/mol. The lowest BCUT2D eigenvalue weighted by atomic mass is 9.87. The number of anilines is 2. The number of pyridine rings is 1. The summed E-state index contributed by atoms with van der Waals surface area (Å²) < 4.78 is 7.35. The predicted octanol–water partition coefficient (Wildman–Crippen LogP) is 2.87. The predicted molar refractivity (Wildman–Crippen MR) is 130 cm³/mol. The molecule has 33 heavy (non-hydrogen) atoms. The van der Waals surface area contributed by atoms with Gasteiger partial charge in [-0.2, -0.15) is 5.10 Å². The van der Waals surface area contributed by atoms with Gasteiger partial charge in [0.05, 0.1) is 29.9 Å². The van der Waals surface area contributed by atoms with Gasteiger partial charge in [0, 0.05) is 30.1 Å². The highest BCUT2D eigenvalue weighted by Gasteiger charge is 2.29. The summed E-state index contributed by atoms with van der Waals surface area (Å²) in [6.07, 6.45) is 7.59. The second-order valence-corrected chi connectivity index (χ2v) is 9.60. The number of rotatable bonds is 7. The van der Waals surface area contributed by atoms with Crippen LogP contribution in [0.3, 0.4) is 0 Å². The van der Waals surface area contributed by atoms with E-state index in [1.54, 1.807) is 35.5 Å². The molecule has 0 radical (unpaired) electrons. The van der Waals surface area contributed by atoms with Gasteiger partial charge in [-0.15, -0.1) is 11.3 Å². The van der Waals surface area contributed by atoms with E-state index in [0.717, 1.165) is 53.0 Å². The lowest BCUT2D eigenvalue weighted by Gasteiger charge is -2.22. The average molecular weight is 466 g/mol. The van der Waals surface area contributed by atoms with Gasteiger partial charge in [0.25, 0.3) is 0 Å². The fourth-order valence-electron chi connectivity index (χ4n) is 4.31. The molecule has 2 N–H and O–H groups in total. The van der Waals surface area contributed by atoms with E-state index in [-0.39, 0.29) is 11.8 Å². The topological polar surface area (TPSA) is 96.7 Å². The Hall–Kier alpha value is -3.24. The van der Waals surface area contributed by atoms with Crippen LogP contribution in [0.25, 0.3) is 15.7 Å². The van der Waals surface area contributed by atoms with E-state index >= 15 is 0 Å². The molecule has 1 aliphatic rings. The molecule has 0 spiro atoms. The zero-order chi connectivity index (χ0) is 22.9. The van der Waals surface area contributed by atoms with Gasteiger partial charge < -0.3 is 20.3 Å². The van der Waals surface area contributed by atoms with E-state index in [0.29, 0.717) is 12.3 Å². The van der Waals surface area contributed by atoms with Crippen molar-refractivity contribution >= 4 is 44.5 Å². The van der Waals surface area contributed by atoms with Crippen LogP contribution in [0.15, 0.2) is 30.9 Å². The maximum absolute atomic E-state index is 12.7. The number of amides is 1. The molecule has 1 atom stereocenters. The minimum Gasteiger partial charge on any atom is -0.493 e. The first-order valence-corrected chi connectivity index (χ1v) is 11.8. The summed E-state index contributed by atoms with van der Waals surface area (Å²) >= 11 is 1.66. The van der Waals surface area contributed by atoms with Gasteiger partial charge in [0.15, 0.2) is 5.75 Å². The van der Waals surface area contributed by atoms with Crippen LogP contribution in [-0.4, -0.2) is 64.7 Å². The maximum Gasteiger partial charge on any atom is 0.223 e. The Morgan fingerprint density at radius 3 is 3.06 bits per heavy atom. The first-order chi connectivity index (χ1) is 16.0. The van der Waals surface area contributed by atoms with Crippen LogP contribution in [0.4, 0.5) is 11.5 Å². The second-order valence-electron chi connectivity index (χ2n) is 8.52. The highest BCUT2D eigenvalue weighted by atomic mass is 32.1. The lowest BCUT2D eigenvalue weighted by molar-refractivity contribution is -0.125. The van der Waals surface area contributed by atoms with Crippen LogP contribution in [0.5, 0.6) is 5.75 Å². The van der Waals surface area contributed by atoms with E-state index in [1.807, 2.05) is 32.4 Å². The largest absolute Gasteiger partial charge is 0.493 e. The van der Waals surface area contributed by atoms with E-state index in [4.69, 9.17) is 4.74 Å². The molecular weight excluding hydrogens is 438 g/mol. The SMILES string of the molecule is COc1cn2nccc2cc1Nc1ncnc2sc3c(c12)CCC(C(=O)NCCN(C)C)C3. The van der Waals surface area contributed by atoms with Crippen LogP contribution in [0, 0.1) is 5.92 Å². The van der Waals surface area contributed by atoms with Gasteiger partial charge in [-0.3, -0.25) is 4.79 Å². The van der Waals surface area contributed by atoms with Crippen LogP contribution in [0.2, 0.25) is 0 Å². The molecule has 1 unspecified atom stereocenters. The van der Waals surface area contributed by atoms with Crippen molar-refractivity contribution in [3.05, 3.63) is 41.3 Å². The molecule has 0 bridgehead atoms. The summed E-state index contributed by atoms with van der Waals surface area (Å²) in [7, 11) is 5.65. The Labute approximate surface area is 195 Å². The number of hydrogen-bond acceptors (Lipinski definition) is 8. The number of hydrogen-bond donors (Lipinski definition) is 2. The zero-order valence-corrected chi connectivity index (χ0v) is 19.8. The highest BCUT2D eigenvalue weighted by molar-refractivity contribution is 7.19. The first-order valence-electron chi connectivity index (χ1n) is 11.0. The van der Waals surface area contributed by atoms with Gasteiger partial charge >= 0.3 is 0 Å². The zero-order valence-electron chi connectivity index (χ0n) is 19.0. The molecule has 5 rings (SSSR count). The van der Waals surface area contributed by atoms with Crippen molar-refractivity contribution in [3.63, 3.8) is 0 Å². The number of carbonyl (C=O) groups excluding carboxylic acids is 1. The first kappa shape index (κ1) is 21.6. The van der Waals surface area contributed by atoms with Crippen molar-refractivity contribution in [2.24, 2.45) is 5.92 Å². The number of thiophene rings is 1. The molecule has 1 aliphatic carbocycles. The summed E-state index contributed by atoms with van der Waals surface area (Å²) in [6.45, 7) is 1.51. The van der Waals surface area contributed by atoms with Crippen LogP contribution in [-0.2, 0) is 17.6 Å². The molecule has 0 saturated carbocycles. The van der Waals surface area contributed by atoms with Gasteiger partial charge in [-0.05, 0) is 51.1 Å². The van der Waals surface area contributed by atoms with Gasteiger partial charge in [0.1, 0.15) is 17.0 Å². The third-order valence-corrected chi connectivity index (χ3v) is 7.21. The Morgan fingerprint density at radius 2 is 2.24 bits per heavy atom. The Kier molecular flexibility index (Phi) is 5.86. The minimum absolute atomic E-state index is 0.00135. The molecule has 0 fully saturated rings. The summed E-state index contributed by atoms with van der Waals surface area (Å²) in [5.74, 6) is 1.58. The van der Waals surface area contributed by atoms with Crippen molar-refractivity contribution < 1.29 is 9.53 Å². The van der Waals surface area contributed by atoms with E-state index in [1.165, 1.54) is 10.4 Å². The van der Waals surface area contributed by atoms with Crippen molar-refractivity contribution in [1.82, 2.24) is 29.8 Å². The molecular formula is C23H27N7O2S. The highest BCUT2D eigenvalue weighted by Crippen LogP contribution is 2.41. The molecule has 172 valence electrons. The maximum atomic E-state index is 12.7. The number of nitrogens with one attached hydrogen (secondary N) is 2. The number of fused-ring (bicyclic) bond motifs is 4. The standard InChI is InChI=1S/C23H27N7O2S/c1-29(2)9-8-24-22(31)14-4-5-16-19(10-14)33-23-20(16)21(25-13-26-23)28-17-11-15-6-7-27-30(15)12-18(17)32-3/h6-7,11-14H,4-5,8-10H2,1-3H3,(H,24,31)(H,25,26,28). The normalized spacial score (nSPS) is 15.7. The van der Waals surface area contributed by atoms with Crippen molar-refractivity contribution in [2.75, 3.05) is 39.6 Å². The molecule has 10 heteroatoms. The smallest absolute Gasteiger partial charge is 0.223 e. The number of aromatic nitrogens is 4. The van der Waals surface area contributed by atoms with Crippen LogP contribution < -0.4 is 15.4 Å². The number of nitrogens with zero attached hydrogens (tertiary/aromatic N) is 5. The van der Waals surface area contributed by atoms with E-state index in [2.05, 4.69) is 30.6 Å². The van der Waals surface area contributed by atoms with E-state index in [9.17, 15) is 4.79 Å². The van der Waals surface area contributed by atoms with E-state index < -0.39 is 0 Å². The van der Waals surface area contributed by atoms with Crippen molar-refractivity contribution in [2.45, 2.75) is 19.3 Å². The number of likely N-dealkylation sites (N-methyl/N-ethyl adjacent to an activating group) is 1. The molecule has 4 heterocycles. The number of methoxy groups -OCH3 is 1. The average Bonchev–Trinajstić information content (AvgIpc) is 3.41. The molecule has 9 nitrogen and oxygen atoms in total. The summed E-state index contributed by atoms with van der Waals surface area (Å²) in [4.78, 5) is 26.0. The fourth-order valence-corrected chi connectivity index (χ4v) is 5.58. The van der Waals surface area contributed by atoms with Gasteiger partial charge in [0.2, 0.25) is 5.91 Å². The molecule has 4 aromatic rings. The molecule has 0 aromatic carbocycles. The third kappa shape index (κ3) is 4.23. The number of ether oxygens (including phenoxy) is 1. The molecule has 1 amide bonds. The second kappa shape index (κ2) is 8.95. The summed E-state index contributed by atoms with van der Waals surface area (Å²) in [6, 6.07) is 3.93. The lowest BCUT2D eigenvalue weighted by Crippen LogP contribution is -2.37.